The lowest BCUT2D eigenvalue weighted by molar-refractivity contribution is 0.468. The first kappa shape index (κ1) is 17.7. The van der Waals surface area contributed by atoms with Crippen LogP contribution in [0.4, 0.5) is 5.69 Å². The first-order valence-corrected chi connectivity index (χ1v) is 6.92. The zero-order chi connectivity index (χ0) is 15.4. The molecule has 0 amide bonds. The van der Waals surface area contributed by atoms with Gasteiger partial charge in [-0.3, -0.25) is 4.99 Å². The van der Waals surface area contributed by atoms with Crippen LogP contribution in [-0.2, 0) is 10.8 Å². The van der Waals surface area contributed by atoms with Crippen LogP contribution in [0.1, 0.15) is 66.5 Å². The molecule has 19 heavy (non-hydrogen) atoms. The Bertz CT molecular complexity index is 434. The summed E-state index contributed by atoms with van der Waals surface area (Å²) in [6, 6.07) is 3.92. The maximum Gasteiger partial charge on any atom is 0.141 e. The maximum atomic E-state index is 10.1. The van der Waals surface area contributed by atoms with Crippen molar-refractivity contribution in [2.24, 2.45) is 4.99 Å². The lowest BCUT2D eigenvalue weighted by Gasteiger charge is -2.26. The molecule has 1 aromatic rings. The summed E-state index contributed by atoms with van der Waals surface area (Å²) in [6.45, 7) is 20.3. The third-order valence-corrected chi connectivity index (χ3v) is 2.92. The molecule has 0 heterocycles. The van der Waals surface area contributed by atoms with Gasteiger partial charge in [0.15, 0.2) is 0 Å². The van der Waals surface area contributed by atoms with Crippen LogP contribution in [0.15, 0.2) is 17.1 Å². The van der Waals surface area contributed by atoms with E-state index in [9.17, 15) is 5.11 Å². The molecule has 0 radical (unpaired) electrons. The molecule has 0 aliphatic heterocycles. The quantitative estimate of drug-likeness (QED) is 0.681. The van der Waals surface area contributed by atoms with Gasteiger partial charge in [0, 0.05) is 0 Å². The number of aromatic hydroxyl groups is 1. The number of rotatable bonds is 1. The van der Waals surface area contributed by atoms with E-state index in [0.29, 0.717) is 5.69 Å². The molecule has 0 unspecified atom stereocenters. The van der Waals surface area contributed by atoms with Crippen LogP contribution in [0, 0.1) is 0 Å². The molecule has 1 N–H and O–H groups in total. The second-order valence-electron chi connectivity index (χ2n) is 6.55. The van der Waals surface area contributed by atoms with Crippen molar-refractivity contribution in [2.45, 2.75) is 66.2 Å². The summed E-state index contributed by atoms with van der Waals surface area (Å²) in [6.07, 6.45) is 0. The van der Waals surface area contributed by atoms with Crippen molar-refractivity contribution in [2.75, 3.05) is 0 Å². The van der Waals surface area contributed by atoms with Gasteiger partial charge >= 0.3 is 0 Å². The van der Waals surface area contributed by atoms with E-state index in [0.717, 1.165) is 11.1 Å². The van der Waals surface area contributed by atoms with Crippen LogP contribution in [-0.4, -0.2) is 11.8 Å². The van der Waals surface area contributed by atoms with Gasteiger partial charge in [-0.1, -0.05) is 61.5 Å². The number of aliphatic imine (C=N–C) groups is 1. The Balaban J connectivity index is 0.00000154. The van der Waals surface area contributed by atoms with Crippen molar-refractivity contribution in [1.29, 1.82) is 0 Å². The first-order valence-electron chi connectivity index (χ1n) is 6.92. The molecule has 0 fully saturated rings. The fourth-order valence-electron chi connectivity index (χ4n) is 1.79. The lowest BCUT2D eigenvalue weighted by Crippen LogP contribution is -2.16. The SMILES string of the molecule is C=Nc1c(O)cc(C(C)(C)C)cc1C(C)(C)C.CC. The monoisotopic (exact) mass is 263 g/mol. The van der Waals surface area contributed by atoms with E-state index in [1.165, 1.54) is 0 Å². The molecule has 2 nitrogen and oxygen atoms in total. The molecular formula is C17H29NO. The summed E-state index contributed by atoms with van der Waals surface area (Å²) in [5.41, 5.74) is 2.71. The van der Waals surface area contributed by atoms with E-state index in [2.05, 4.69) is 59.3 Å². The predicted octanol–water partition coefficient (Wildman–Crippen LogP) is 5.35. The van der Waals surface area contributed by atoms with Gasteiger partial charge in [0.1, 0.15) is 11.4 Å². The smallest absolute Gasteiger partial charge is 0.141 e. The first-order chi connectivity index (χ1) is 8.57. The predicted molar refractivity (Wildman–Crippen MR) is 86.1 cm³/mol. The highest BCUT2D eigenvalue weighted by Gasteiger charge is 2.24. The van der Waals surface area contributed by atoms with Crippen molar-refractivity contribution in [3.8, 4) is 5.75 Å². The summed E-state index contributed by atoms with van der Waals surface area (Å²) in [5, 5.41) is 10.1. The summed E-state index contributed by atoms with van der Waals surface area (Å²) < 4.78 is 0. The standard InChI is InChI=1S/C15H23NO.C2H6/c1-14(2,3)10-8-11(15(4,5)6)13(16-7)12(17)9-10;1-2/h8-9,17H,7H2,1-6H3;1-2H3. The third-order valence-electron chi connectivity index (χ3n) is 2.92. The van der Waals surface area contributed by atoms with Crippen molar-refractivity contribution in [3.05, 3.63) is 23.3 Å². The summed E-state index contributed by atoms with van der Waals surface area (Å²) in [5.74, 6) is 0.220. The van der Waals surface area contributed by atoms with Gasteiger partial charge in [0.2, 0.25) is 0 Å². The Hall–Kier alpha value is -1.31. The van der Waals surface area contributed by atoms with E-state index < -0.39 is 0 Å². The van der Waals surface area contributed by atoms with E-state index in [4.69, 9.17) is 0 Å². The van der Waals surface area contributed by atoms with Gasteiger partial charge in [-0.25, -0.2) is 0 Å². The van der Waals surface area contributed by atoms with Crippen molar-refractivity contribution >= 4 is 12.4 Å². The van der Waals surface area contributed by atoms with Crippen LogP contribution in [0.3, 0.4) is 0 Å². The molecule has 0 aliphatic rings. The summed E-state index contributed by atoms with van der Waals surface area (Å²) >= 11 is 0. The highest BCUT2D eigenvalue weighted by molar-refractivity contribution is 5.64. The summed E-state index contributed by atoms with van der Waals surface area (Å²) in [7, 11) is 0. The highest BCUT2D eigenvalue weighted by Crippen LogP contribution is 2.41. The highest BCUT2D eigenvalue weighted by atomic mass is 16.3. The topological polar surface area (TPSA) is 32.6 Å². The molecule has 1 rings (SSSR count). The van der Waals surface area contributed by atoms with Crippen molar-refractivity contribution in [3.63, 3.8) is 0 Å². The number of hydrogen-bond donors (Lipinski definition) is 1. The van der Waals surface area contributed by atoms with E-state index in [1.54, 1.807) is 6.07 Å². The average molecular weight is 263 g/mol. The minimum Gasteiger partial charge on any atom is -0.506 e. The second-order valence-corrected chi connectivity index (χ2v) is 6.55. The number of hydrogen-bond acceptors (Lipinski definition) is 2. The molecule has 0 bridgehead atoms. The fourth-order valence-corrected chi connectivity index (χ4v) is 1.79. The van der Waals surface area contributed by atoms with Gasteiger partial charge < -0.3 is 5.11 Å². The normalized spacial score (nSPS) is 11.6. The van der Waals surface area contributed by atoms with E-state index in [1.807, 2.05) is 13.8 Å². The molecule has 0 spiro atoms. The minimum atomic E-state index is -0.0603. The third kappa shape index (κ3) is 4.38. The second kappa shape index (κ2) is 6.23. The maximum absolute atomic E-state index is 10.1. The van der Waals surface area contributed by atoms with Gasteiger partial charge in [0.05, 0.1) is 0 Å². The van der Waals surface area contributed by atoms with Crippen LogP contribution >= 0.6 is 0 Å². The molecule has 2 heteroatoms. The number of phenolic OH excluding ortho intramolecular Hbond substituents is 1. The Kier molecular flexibility index (Phi) is 5.80. The molecule has 0 saturated heterocycles. The molecule has 0 aromatic heterocycles. The van der Waals surface area contributed by atoms with Gasteiger partial charge in [-0.05, 0) is 34.7 Å². The van der Waals surface area contributed by atoms with Crippen LogP contribution in [0.25, 0.3) is 0 Å². The Morgan fingerprint density at radius 1 is 0.947 bits per heavy atom. The van der Waals surface area contributed by atoms with Crippen LogP contribution in [0.5, 0.6) is 5.75 Å². The van der Waals surface area contributed by atoms with Crippen LogP contribution in [0.2, 0.25) is 0 Å². The van der Waals surface area contributed by atoms with Crippen LogP contribution < -0.4 is 0 Å². The van der Waals surface area contributed by atoms with E-state index >= 15 is 0 Å². The zero-order valence-corrected chi connectivity index (χ0v) is 13.8. The molecular weight excluding hydrogens is 234 g/mol. The number of nitrogens with zero attached hydrogens (tertiary/aromatic N) is 1. The van der Waals surface area contributed by atoms with Gasteiger partial charge in [-0.2, -0.15) is 0 Å². The van der Waals surface area contributed by atoms with Crippen molar-refractivity contribution < 1.29 is 5.11 Å². The largest absolute Gasteiger partial charge is 0.506 e. The van der Waals surface area contributed by atoms with E-state index in [-0.39, 0.29) is 16.6 Å². The average Bonchev–Trinajstić information content (AvgIpc) is 2.28. The lowest BCUT2D eigenvalue weighted by atomic mass is 9.79. The number of phenols is 1. The Labute approximate surface area is 118 Å². The minimum absolute atomic E-state index is 0.0111. The Morgan fingerprint density at radius 2 is 1.42 bits per heavy atom. The van der Waals surface area contributed by atoms with Gasteiger partial charge in [-0.15, -0.1) is 0 Å². The number of benzene rings is 1. The summed E-state index contributed by atoms with van der Waals surface area (Å²) in [4.78, 5) is 3.96. The van der Waals surface area contributed by atoms with Crippen molar-refractivity contribution in [1.82, 2.24) is 0 Å². The molecule has 0 saturated carbocycles. The molecule has 0 aliphatic carbocycles. The molecule has 0 atom stereocenters. The van der Waals surface area contributed by atoms with Gasteiger partial charge in [0.25, 0.3) is 0 Å². The molecule has 1 aromatic carbocycles. The zero-order valence-electron chi connectivity index (χ0n) is 13.8. The fraction of sp³-hybridized carbons (Fsp3) is 0.588. The molecule has 108 valence electrons. The Morgan fingerprint density at radius 3 is 1.74 bits per heavy atom.